The Morgan fingerprint density at radius 1 is 1.26 bits per heavy atom. The van der Waals surface area contributed by atoms with Crippen molar-refractivity contribution in [3.05, 3.63) is 34.3 Å². The van der Waals surface area contributed by atoms with Gasteiger partial charge in [0.25, 0.3) is 0 Å². The van der Waals surface area contributed by atoms with Gasteiger partial charge in [0.2, 0.25) is 11.8 Å². The summed E-state index contributed by atoms with van der Waals surface area (Å²) in [7, 11) is 0. The number of nitrogens with zero attached hydrogens (tertiary/aromatic N) is 1. The summed E-state index contributed by atoms with van der Waals surface area (Å²) in [4.78, 5) is 37.0. The van der Waals surface area contributed by atoms with Crippen LogP contribution >= 0.6 is 15.9 Å². The lowest BCUT2D eigenvalue weighted by atomic mass is 9.94. The molecular formula is C13H13BrN2O3. The number of carbonyl (C=O) groups is 3. The summed E-state index contributed by atoms with van der Waals surface area (Å²) >= 11 is 3.30. The van der Waals surface area contributed by atoms with Crippen molar-refractivity contribution in [1.82, 2.24) is 10.2 Å². The molecule has 1 heterocycles. The molecule has 100 valence electrons. The van der Waals surface area contributed by atoms with E-state index < -0.39 is 23.8 Å². The summed E-state index contributed by atoms with van der Waals surface area (Å²) in [6.07, 6.45) is 0. The predicted molar refractivity (Wildman–Crippen MR) is 72.4 cm³/mol. The lowest BCUT2D eigenvalue weighted by Gasteiger charge is -2.32. The first kappa shape index (κ1) is 13.7. The Kier molecular flexibility index (Phi) is 3.71. The molecule has 0 aromatic heterocycles. The monoisotopic (exact) mass is 324 g/mol. The molecule has 0 aliphatic carbocycles. The SMILES string of the molecule is CC(C)N1C(=O)NC(=O)C(c2cccc(Br)c2)C1=O. The van der Waals surface area contributed by atoms with Crippen molar-refractivity contribution in [2.75, 3.05) is 0 Å². The van der Waals surface area contributed by atoms with E-state index in [1.807, 2.05) is 0 Å². The summed E-state index contributed by atoms with van der Waals surface area (Å²) in [6.45, 7) is 3.45. The number of hydrogen-bond donors (Lipinski definition) is 1. The fraction of sp³-hybridized carbons (Fsp3) is 0.308. The molecule has 1 unspecified atom stereocenters. The minimum absolute atomic E-state index is 0.296. The Morgan fingerprint density at radius 3 is 2.53 bits per heavy atom. The third kappa shape index (κ3) is 2.53. The predicted octanol–water partition coefficient (Wildman–Crippen LogP) is 2.02. The highest BCUT2D eigenvalue weighted by molar-refractivity contribution is 9.10. The molecule has 1 aromatic rings. The van der Waals surface area contributed by atoms with Crippen LogP contribution in [0.4, 0.5) is 4.79 Å². The molecule has 1 aliphatic rings. The van der Waals surface area contributed by atoms with E-state index in [0.717, 1.165) is 9.37 Å². The zero-order valence-corrected chi connectivity index (χ0v) is 12.1. The zero-order valence-electron chi connectivity index (χ0n) is 10.5. The lowest BCUT2D eigenvalue weighted by Crippen LogP contribution is -2.58. The van der Waals surface area contributed by atoms with Crippen molar-refractivity contribution in [2.45, 2.75) is 25.8 Å². The summed E-state index contributed by atoms with van der Waals surface area (Å²) in [5.41, 5.74) is 0.565. The van der Waals surface area contributed by atoms with Crippen molar-refractivity contribution < 1.29 is 14.4 Å². The average Bonchev–Trinajstić information content (AvgIpc) is 2.27. The molecule has 6 heteroatoms. The molecule has 2 rings (SSSR count). The fourth-order valence-corrected chi connectivity index (χ4v) is 2.48. The second kappa shape index (κ2) is 5.13. The van der Waals surface area contributed by atoms with Crippen LogP contribution in [0, 0.1) is 0 Å². The number of benzene rings is 1. The number of hydrogen-bond acceptors (Lipinski definition) is 3. The highest BCUT2D eigenvalue weighted by Gasteiger charge is 2.42. The van der Waals surface area contributed by atoms with Crippen LogP contribution in [-0.4, -0.2) is 28.8 Å². The molecule has 0 spiro atoms. The molecule has 4 amide bonds. The largest absolute Gasteiger partial charge is 0.331 e. The number of rotatable bonds is 2. The molecule has 1 saturated heterocycles. The van der Waals surface area contributed by atoms with E-state index in [1.54, 1.807) is 38.1 Å². The van der Waals surface area contributed by atoms with E-state index in [-0.39, 0.29) is 6.04 Å². The maximum absolute atomic E-state index is 12.3. The molecule has 1 aliphatic heterocycles. The van der Waals surface area contributed by atoms with Crippen LogP contribution in [0.3, 0.4) is 0 Å². The van der Waals surface area contributed by atoms with Gasteiger partial charge in [0.1, 0.15) is 5.92 Å². The first-order valence-corrected chi connectivity index (χ1v) is 6.64. The molecule has 0 saturated carbocycles. The first-order chi connectivity index (χ1) is 8.91. The van der Waals surface area contributed by atoms with Gasteiger partial charge in [0, 0.05) is 10.5 Å². The van der Waals surface area contributed by atoms with Crippen LogP contribution in [0.1, 0.15) is 25.3 Å². The van der Waals surface area contributed by atoms with Crippen LogP contribution in [-0.2, 0) is 9.59 Å². The molecule has 0 bridgehead atoms. The minimum atomic E-state index is -0.974. The second-order valence-electron chi connectivity index (χ2n) is 4.58. The topological polar surface area (TPSA) is 66.5 Å². The highest BCUT2D eigenvalue weighted by atomic mass is 79.9. The normalized spacial score (nSPS) is 19.9. The molecular weight excluding hydrogens is 312 g/mol. The maximum atomic E-state index is 12.3. The summed E-state index contributed by atoms with van der Waals surface area (Å²) in [6, 6.07) is 6.00. The summed E-state index contributed by atoms with van der Waals surface area (Å²) < 4.78 is 0.776. The highest BCUT2D eigenvalue weighted by Crippen LogP contribution is 2.25. The zero-order chi connectivity index (χ0) is 14.2. The van der Waals surface area contributed by atoms with Crippen molar-refractivity contribution in [2.24, 2.45) is 0 Å². The number of imide groups is 2. The Balaban J connectivity index is 2.42. The number of carbonyl (C=O) groups excluding carboxylic acids is 3. The van der Waals surface area contributed by atoms with E-state index in [2.05, 4.69) is 21.2 Å². The van der Waals surface area contributed by atoms with Gasteiger partial charge in [0.05, 0.1) is 0 Å². The number of barbiturate groups is 1. The lowest BCUT2D eigenvalue weighted by molar-refractivity contribution is -0.139. The van der Waals surface area contributed by atoms with Crippen molar-refractivity contribution >= 4 is 33.8 Å². The number of halogens is 1. The third-order valence-electron chi connectivity index (χ3n) is 2.89. The summed E-state index contributed by atoms with van der Waals surface area (Å²) in [5.74, 6) is -2.04. The maximum Gasteiger partial charge on any atom is 0.331 e. The first-order valence-electron chi connectivity index (χ1n) is 5.85. The van der Waals surface area contributed by atoms with Gasteiger partial charge in [-0.05, 0) is 31.5 Å². The van der Waals surface area contributed by atoms with Gasteiger partial charge in [-0.25, -0.2) is 4.79 Å². The third-order valence-corrected chi connectivity index (χ3v) is 3.39. The minimum Gasteiger partial charge on any atom is -0.277 e. The van der Waals surface area contributed by atoms with Gasteiger partial charge in [-0.15, -0.1) is 0 Å². The summed E-state index contributed by atoms with van der Waals surface area (Å²) in [5, 5.41) is 2.22. The van der Waals surface area contributed by atoms with Crippen LogP contribution < -0.4 is 5.32 Å². The van der Waals surface area contributed by atoms with Crippen molar-refractivity contribution in [3.63, 3.8) is 0 Å². The van der Waals surface area contributed by atoms with E-state index in [4.69, 9.17) is 0 Å². The molecule has 5 nitrogen and oxygen atoms in total. The molecule has 1 atom stereocenters. The van der Waals surface area contributed by atoms with Gasteiger partial charge in [-0.1, -0.05) is 28.1 Å². The Hall–Kier alpha value is -1.69. The smallest absolute Gasteiger partial charge is 0.277 e. The number of amides is 4. The van der Waals surface area contributed by atoms with E-state index in [1.165, 1.54) is 0 Å². The van der Waals surface area contributed by atoms with Gasteiger partial charge < -0.3 is 0 Å². The number of urea groups is 1. The van der Waals surface area contributed by atoms with Crippen LogP contribution in [0.5, 0.6) is 0 Å². The van der Waals surface area contributed by atoms with Crippen LogP contribution in [0.2, 0.25) is 0 Å². The molecule has 1 fully saturated rings. The Bertz CT molecular complexity index is 557. The van der Waals surface area contributed by atoms with E-state index in [9.17, 15) is 14.4 Å². The Morgan fingerprint density at radius 2 is 1.95 bits per heavy atom. The van der Waals surface area contributed by atoms with Crippen LogP contribution in [0.15, 0.2) is 28.7 Å². The van der Waals surface area contributed by atoms with Gasteiger partial charge in [-0.2, -0.15) is 0 Å². The average molecular weight is 325 g/mol. The van der Waals surface area contributed by atoms with E-state index in [0.29, 0.717) is 5.56 Å². The van der Waals surface area contributed by atoms with Crippen molar-refractivity contribution in [1.29, 1.82) is 0 Å². The molecule has 1 N–H and O–H groups in total. The fourth-order valence-electron chi connectivity index (χ4n) is 2.06. The number of nitrogens with one attached hydrogen (secondary N) is 1. The second-order valence-corrected chi connectivity index (χ2v) is 5.50. The molecule has 19 heavy (non-hydrogen) atoms. The van der Waals surface area contributed by atoms with Gasteiger partial charge in [-0.3, -0.25) is 19.8 Å². The van der Waals surface area contributed by atoms with Gasteiger partial charge >= 0.3 is 6.03 Å². The van der Waals surface area contributed by atoms with Crippen LogP contribution in [0.25, 0.3) is 0 Å². The molecule has 1 aromatic carbocycles. The quantitative estimate of drug-likeness (QED) is 0.846. The van der Waals surface area contributed by atoms with Gasteiger partial charge in [0.15, 0.2) is 0 Å². The Labute approximate surface area is 119 Å². The van der Waals surface area contributed by atoms with Crippen molar-refractivity contribution in [3.8, 4) is 0 Å². The standard InChI is InChI=1S/C13H13BrN2O3/c1-7(2)16-12(18)10(11(17)15-13(16)19)8-4-3-5-9(14)6-8/h3-7,10H,1-2H3,(H,15,17,19). The molecule has 0 radical (unpaired) electrons. The van der Waals surface area contributed by atoms with E-state index >= 15 is 0 Å².